The Bertz CT molecular complexity index is 139. The van der Waals surface area contributed by atoms with Gasteiger partial charge in [-0.1, -0.05) is 29.8 Å². The van der Waals surface area contributed by atoms with Gasteiger partial charge in [0, 0.05) is 0 Å². The molecule has 1 radical (unpaired) electrons. The molecule has 0 aromatic heterocycles. The SMILES string of the molecule is [CH2]c1ccc(C)cc1. The van der Waals surface area contributed by atoms with E-state index in [1.54, 1.807) is 0 Å². The molecule has 0 fully saturated rings. The molecule has 0 N–H and O–H groups in total. The van der Waals surface area contributed by atoms with Crippen molar-refractivity contribution >= 4 is 0 Å². The molecule has 0 spiro atoms. The van der Waals surface area contributed by atoms with Crippen molar-refractivity contribution in [3.8, 4) is 0 Å². The molecule has 0 aliphatic rings. The zero-order valence-corrected chi connectivity index (χ0v) is 5.02. The lowest BCUT2D eigenvalue weighted by Gasteiger charge is -1.89. The number of benzene rings is 1. The van der Waals surface area contributed by atoms with Crippen LogP contribution in [0.15, 0.2) is 24.3 Å². The van der Waals surface area contributed by atoms with E-state index in [1.807, 2.05) is 12.1 Å². The van der Waals surface area contributed by atoms with Gasteiger partial charge in [0.2, 0.25) is 0 Å². The predicted octanol–water partition coefficient (Wildman–Crippen LogP) is 2.18. The topological polar surface area (TPSA) is 0 Å². The van der Waals surface area contributed by atoms with Crippen molar-refractivity contribution in [2.24, 2.45) is 0 Å². The van der Waals surface area contributed by atoms with Crippen LogP contribution >= 0.6 is 0 Å². The minimum absolute atomic E-state index is 1.08. The van der Waals surface area contributed by atoms with Crippen molar-refractivity contribution in [1.82, 2.24) is 0 Å². The average Bonchev–Trinajstić information content (AvgIpc) is 1.77. The fourth-order valence-electron chi connectivity index (χ4n) is 0.588. The summed E-state index contributed by atoms with van der Waals surface area (Å²) in [5.41, 5.74) is 2.37. The molecule has 0 unspecified atom stereocenters. The Kier molecular flexibility index (Phi) is 1.34. The molecular weight excluding hydrogens is 96.1 g/mol. The third-order valence-corrected chi connectivity index (χ3v) is 1.12. The average molecular weight is 105 g/mol. The molecule has 0 saturated carbocycles. The van der Waals surface area contributed by atoms with E-state index in [0.29, 0.717) is 0 Å². The normalized spacial score (nSPS) is 9.25. The molecule has 1 aromatic rings. The Morgan fingerprint density at radius 1 is 1.12 bits per heavy atom. The van der Waals surface area contributed by atoms with Crippen LogP contribution in [0.25, 0.3) is 0 Å². The Morgan fingerprint density at radius 2 is 1.62 bits per heavy atom. The van der Waals surface area contributed by atoms with Crippen LogP contribution < -0.4 is 0 Å². The highest BCUT2D eigenvalue weighted by molar-refractivity contribution is 5.22. The summed E-state index contributed by atoms with van der Waals surface area (Å²) in [6.07, 6.45) is 0. The fourth-order valence-corrected chi connectivity index (χ4v) is 0.588. The molecule has 0 aliphatic carbocycles. The quantitative estimate of drug-likeness (QED) is 0.474. The molecule has 0 aliphatic heterocycles. The predicted molar refractivity (Wildman–Crippen MR) is 35.6 cm³/mol. The lowest BCUT2D eigenvalue weighted by atomic mass is 10.2. The summed E-state index contributed by atoms with van der Waals surface area (Å²) in [5, 5.41) is 0. The van der Waals surface area contributed by atoms with Crippen molar-refractivity contribution in [3.05, 3.63) is 42.3 Å². The molecule has 0 saturated heterocycles. The molecule has 0 atom stereocenters. The number of aryl methyl sites for hydroxylation is 1. The minimum atomic E-state index is 1.08. The first-order chi connectivity index (χ1) is 3.79. The molecular formula is C8H9. The van der Waals surface area contributed by atoms with Gasteiger partial charge in [-0.25, -0.2) is 0 Å². The third-order valence-electron chi connectivity index (χ3n) is 1.12. The Labute approximate surface area is 50.2 Å². The van der Waals surface area contributed by atoms with E-state index < -0.39 is 0 Å². The molecule has 0 heterocycles. The molecule has 0 bridgehead atoms. The monoisotopic (exact) mass is 105 g/mol. The largest absolute Gasteiger partial charge is 0.0591 e. The van der Waals surface area contributed by atoms with Crippen LogP contribution in [0.5, 0.6) is 0 Å². The van der Waals surface area contributed by atoms with E-state index in [2.05, 4.69) is 26.0 Å². The molecule has 0 heteroatoms. The summed E-state index contributed by atoms with van der Waals surface area (Å²) < 4.78 is 0. The van der Waals surface area contributed by atoms with Gasteiger partial charge in [-0.15, -0.1) is 0 Å². The van der Waals surface area contributed by atoms with Gasteiger partial charge < -0.3 is 0 Å². The summed E-state index contributed by atoms with van der Waals surface area (Å²) in [7, 11) is 0. The third kappa shape index (κ3) is 1.09. The summed E-state index contributed by atoms with van der Waals surface area (Å²) in [6, 6.07) is 8.13. The molecule has 1 aromatic carbocycles. The summed E-state index contributed by atoms with van der Waals surface area (Å²) in [5.74, 6) is 0. The fraction of sp³-hybridized carbons (Fsp3) is 0.125. The van der Waals surface area contributed by atoms with Crippen LogP contribution in [-0.4, -0.2) is 0 Å². The van der Waals surface area contributed by atoms with Crippen LogP contribution in [0.2, 0.25) is 0 Å². The first kappa shape index (κ1) is 5.36. The van der Waals surface area contributed by atoms with Crippen molar-refractivity contribution in [3.63, 3.8) is 0 Å². The van der Waals surface area contributed by atoms with Crippen LogP contribution in [-0.2, 0) is 0 Å². The van der Waals surface area contributed by atoms with Gasteiger partial charge in [-0.2, -0.15) is 0 Å². The van der Waals surface area contributed by atoms with E-state index >= 15 is 0 Å². The molecule has 0 nitrogen and oxygen atoms in total. The second kappa shape index (κ2) is 1.99. The zero-order chi connectivity index (χ0) is 5.98. The lowest BCUT2D eigenvalue weighted by molar-refractivity contribution is 1.45. The maximum absolute atomic E-state index is 3.76. The van der Waals surface area contributed by atoms with Gasteiger partial charge >= 0.3 is 0 Å². The number of hydrogen-bond donors (Lipinski definition) is 0. The van der Waals surface area contributed by atoms with Gasteiger partial charge in [0.15, 0.2) is 0 Å². The van der Waals surface area contributed by atoms with E-state index in [-0.39, 0.29) is 0 Å². The van der Waals surface area contributed by atoms with Crippen LogP contribution in [0.4, 0.5) is 0 Å². The summed E-state index contributed by atoms with van der Waals surface area (Å²) in [4.78, 5) is 0. The van der Waals surface area contributed by atoms with Crippen molar-refractivity contribution in [2.75, 3.05) is 0 Å². The maximum atomic E-state index is 3.76. The second-order valence-electron chi connectivity index (χ2n) is 1.99. The van der Waals surface area contributed by atoms with Crippen molar-refractivity contribution < 1.29 is 0 Å². The van der Waals surface area contributed by atoms with Crippen LogP contribution in [0.3, 0.4) is 0 Å². The van der Waals surface area contributed by atoms with Crippen molar-refractivity contribution in [1.29, 1.82) is 0 Å². The van der Waals surface area contributed by atoms with E-state index in [1.165, 1.54) is 5.56 Å². The standard InChI is InChI=1S/C8H9/c1-7-3-5-8(2)6-4-7/h3-6H,1H2,2H3. The highest BCUT2D eigenvalue weighted by Crippen LogP contribution is 1.99. The molecule has 0 amide bonds. The smallest absolute Gasteiger partial charge is 0.0238 e. The van der Waals surface area contributed by atoms with E-state index in [0.717, 1.165) is 5.56 Å². The maximum Gasteiger partial charge on any atom is -0.0238 e. The van der Waals surface area contributed by atoms with Crippen molar-refractivity contribution in [2.45, 2.75) is 6.92 Å². The summed E-state index contributed by atoms with van der Waals surface area (Å²) in [6.45, 7) is 5.83. The van der Waals surface area contributed by atoms with Crippen LogP contribution in [0.1, 0.15) is 11.1 Å². The van der Waals surface area contributed by atoms with Gasteiger partial charge in [-0.3, -0.25) is 0 Å². The number of hydrogen-bond acceptors (Lipinski definition) is 0. The van der Waals surface area contributed by atoms with Gasteiger partial charge in [-0.05, 0) is 19.4 Å². The first-order valence-electron chi connectivity index (χ1n) is 2.67. The van der Waals surface area contributed by atoms with Gasteiger partial charge in [0.25, 0.3) is 0 Å². The second-order valence-corrected chi connectivity index (χ2v) is 1.99. The zero-order valence-electron chi connectivity index (χ0n) is 5.02. The Morgan fingerprint density at radius 3 is 2.00 bits per heavy atom. The van der Waals surface area contributed by atoms with Gasteiger partial charge in [0.1, 0.15) is 0 Å². The summed E-state index contributed by atoms with van der Waals surface area (Å²) >= 11 is 0. The van der Waals surface area contributed by atoms with E-state index in [9.17, 15) is 0 Å². The molecule has 1 rings (SSSR count). The highest BCUT2D eigenvalue weighted by Gasteiger charge is 1.79. The minimum Gasteiger partial charge on any atom is -0.0591 e. The Hall–Kier alpha value is -0.780. The lowest BCUT2D eigenvalue weighted by Crippen LogP contribution is -1.70. The first-order valence-corrected chi connectivity index (χ1v) is 2.67. The molecule has 41 valence electrons. The van der Waals surface area contributed by atoms with Gasteiger partial charge in [0.05, 0.1) is 0 Å². The van der Waals surface area contributed by atoms with Crippen LogP contribution in [0, 0.1) is 13.8 Å². The Balaban J connectivity index is 3.03. The highest BCUT2D eigenvalue weighted by atomic mass is 13.9. The van der Waals surface area contributed by atoms with E-state index in [4.69, 9.17) is 0 Å². The number of rotatable bonds is 0. The molecule has 8 heavy (non-hydrogen) atoms.